The lowest BCUT2D eigenvalue weighted by Gasteiger charge is -2.38. The van der Waals surface area contributed by atoms with Crippen molar-refractivity contribution in [2.24, 2.45) is 5.92 Å². The van der Waals surface area contributed by atoms with E-state index in [1.165, 1.54) is 71.2 Å². The summed E-state index contributed by atoms with van der Waals surface area (Å²) in [5.74, 6) is 0.902. The Bertz CT molecular complexity index is 287. The molecule has 3 heteroatoms. The van der Waals surface area contributed by atoms with E-state index in [0.717, 1.165) is 18.0 Å². The van der Waals surface area contributed by atoms with Crippen LogP contribution in [-0.4, -0.2) is 60.6 Å². The summed E-state index contributed by atoms with van der Waals surface area (Å²) >= 11 is 0. The van der Waals surface area contributed by atoms with Crippen LogP contribution in [0, 0.1) is 5.92 Å². The maximum absolute atomic E-state index is 3.96. The Morgan fingerprint density at radius 2 is 1.60 bits per heavy atom. The second-order valence-corrected chi connectivity index (χ2v) is 7.27. The molecule has 0 aromatic rings. The highest BCUT2D eigenvalue weighted by Gasteiger charge is 2.32. The second-order valence-electron chi connectivity index (χ2n) is 7.27. The van der Waals surface area contributed by atoms with E-state index < -0.39 is 0 Å². The molecule has 0 aromatic heterocycles. The van der Waals surface area contributed by atoms with Gasteiger partial charge in [0.15, 0.2) is 0 Å². The van der Waals surface area contributed by atoms with Gasteiger partial charge in [0.05, 0.1) is 0 Å². The van der Waals surface area contributed by atoms with E-state index in [2.05, 4.69) is 29.0 Å². The van der Waals surface area contributed by atoms with Gasteiger partial charge in [0.25, 0.3) is 0 Å². The number of likely N-dealkylation sites (tertiary alicyclic amines) is 2. The first kappa shape index (κ1) is 14.8. The molecule has 1 atom stereocenters. The number of piperidine rings is 2. The topological polar surface area (TPSA) is 18.5 Å². The van der Waals surface area contributed by atoms with Crippen LogP contribution in [0.3, 0.4) is 0 Å². The molecule has 2 aliphatic heterocycles. The SMILES string of the molecule is CCN1CCC(C(C)NC2CCN(C3CC3)CC2)CC1. The average molecular weight is 279 g/mol. The minimum absolute atomic E-state index is 0.714. The van der Waals surface area contributed by atoms with Gasteiger partial charge in [-0.3, -0.25) is 0 Å². The van der Waals surface area contributed by atoms with Gasteiger partial charge < -0.3 is 15.1 Å². The molecule has 1 aliphatic carbocycles. The summed E-state index contributed by atoms with van der Waals surface area (Å²) in [5.41, 5.74) is 0. The molecule has 3 aliphatic rings. The third kappa shape index (κ3) is 3.75. The normalized spacial score (nSPS) is 29.7. The fourth-order valence-corrected chi connectivity index (χ4v) is 4.15. The Hall–Kier alpha value is -0.120. The van der Waals surface area contributed by atoms with E-state index in [9.17, 15) is 0 Å². The summed E-state index contributed by atoms with van der Waals surface area (Å²) in [6, 6.07) is 2.46. The molecule has 0 aromatic carbocycles. The number of rotatable bonds is 5. The smallest absolute Gasteiger partial charge is 0.00964 e. The zero-order chi connectivity index (χ0) is 13.9. The Morgan fingerprint density at radius 1 is 0.950 bits per heavy atom. The molecule has 0 spiro atoms. The zero-order valence-corrected chi connectivity index (χ0v) is 13.5. The average Bonchev–Trinajstić information content (AvgIpc) is 3.33. The van der Waals surface area contributed by atoms with Gasteiger partial charge in [-0.1, -0.05) is 6.92 Å². The molecule has 116 valence electrons. The minimum atomic E-state index is 0.714. The van der Waals surface area contributed by atoms with E-state index in [-0.39, 0.29) is 0 Å². The predicted molar refractivity (Wildman–Crippen MR) is 85.1 cm³/mol. The van der Waals surface area contributed by atoms with Crippen LogP contribution >= 0.6 is 0 Å². The summed E-state index contributed by atoms with van der Waals surface area (Å²) in [5, 5.41) is 3.96. The van der Waals surface area contributed by atoms with Crippen molar-refractivity contribution in [3.63, 3.8) is 0 Å². The fourth-order valence-electron chi connectivity index (χ4n) is 4.15. The van der Waals surface area contributed by atoms with Crippen LogP contribution in [0.15, 0.2) is 0 Å². The van der Waals surface area contributed by atoms with Crippen molar-refractivity contribution in [3.8, 4) is 0 Å². The number of nitrogens with one attached hydrogen (secondary N) is 1. The van der Waals surface area contributed by atoms with E-state index in [1.807, 2.05) is 0 Å². The van der Waals surface area contributed by atoms with Gasteiger partial charge in [-0.25, -0.2) is 0 Å². The van der Waals surface area contributed by atoms with Crippen LogP contribution in [-0.2, 0) is 0 Å². The highest BCUT2D eigenvalue weighted by molar-refractivity contribution is 4.90. The molecule has 1 saturated carbocycles. The molecule has 20 heavy (non-hydrogen) atoms. The Balaban J connectivity index is 1.37. The van der Waals surface area contributed by atoms with Crippen LogP contribution in [0.5, 0.6) is 0 Å². The van der Waals surface area contributed by atoms with E-state index in [4.69, 9.17) is 0 Å². The summed E-state index contributed by atoms with van der Waals surface area (Å²) in [6.07, 6.45) is 8.45. The minimum Gasteiger partial charge on any atom is -0.311 e. The summed E-state index contributed by atoms with van der Waals surface area (Å²) in [4.78, 5) is 5.32. The van der Waals surface area contributed by atoms with E-state index >= 15 is 0 Å². The number of nitrogens with zero attached hydrogens (tertiary/aromatic N) is 2. The first-order valence-electron chi connectivity index (χ1n) is 8.98. The fraction of sp³-hybridized carbons (Fsp3) is 1.00. The Morgan fingerprint density at radius 3 is 2.15 bits per heavy atom. The molecule has 1 unspecified atom stereocenters. The van der Waals surface area contributed by atoms with Crippen LogP contribution in [0.2, 0.25) is 0 Å². The predicted octanol–water partition coefficient (Wildman–Crippen LogP) is 2.32. The molecular formula is C17H33N3. The third-order valence-corrected chi connectivity index (χ3v) is 5.88. The van der Waals surface area contributed by atoms with Gasteiger partial charge >= 0.3 is 0 Å². The van der Waals surface area contributed by atoms with Gasteiger partial charge in [-0.15, -0.1) is 0 Å². The maximum atomic E-state index is 3.96. The van der Waals surface area contributed by atoms with Crippen molar-refractivity contribution in [1.29, 1.82) is 0 Å². The number of hydrogen-bond acceptors (Lipinski definition) is 3. The van der Waals surface area contributed by atoms with Crippen LogP contribution in [0.4, 0.5) is 0 Å². The lowest BCUT2D eigenvalue weighted by Crippen LogP contribution is -2.49. The summed E-state index contributed by atoms with van der Waals surface area (Å²) in [7, 11) is 0. The largest absolute Gasteiger partial charge is 0.311 e. The van der Waals surface area contributed by atoms with Crippen LogP contribution in [0.25, 0.3) is 0 Å². The van der Waals surface area contributed by atoms with Crippen LogP contribution in [0.1, 0.15) is 52.4 Å². The van der Waals surface area contributed by atoms with Gasteiger partial charge in [-0.05, 0) is 84.1 Å². The summed E-state index contributed by atoms with van der Waals surface area (Å²) < 4.78 is 0. The Kier molecular flexibility index (Phi) is 5.00. The molecule has 0 radical (unpaired) electrons. The van der Waals surface area contributed by atoms with Crippen molar-refractivity contribution < 1.29 is 0 Å². The third-order valence-electron chi connectivity index (χ3n) is 5.88. The van der Waals surface area contributed by atoms with E-state index in [1.54, 1.807) is 0 Å². The maximum Gasteiger partial charge on any atom is 0.00964 e. The molecule has 2 heterocycles. The lowest BCUT2D eigenvalue weighted by molar-refractivity contribution is 0.144. The van der Waals surface area contributed by atoms with Crippen molar-refractivity contribution >= 4 is 0 Å². The zero-order valence-electron chi connectivity index (χ0n) is 13.5. The van der Waals surface area contributed by atoms with Crippen molar-refractivity contribution in [2.45, 2.75) is 70.5 Å². The molecule has 3 nitrogen and oxygen atoms in total. The van der Waals surface area contributed by atoms with Crippen LogP contribution < -0.4 is 5.32 Å². The van der Waals surface area contributed by atoms with Gasteiger partial charge in [0.2, 0.25) is 0 Å². The Labute approximate surface area is 125 Å². The molecule has 2 saturated heterocycles. The highest BCUT2D eigenvalue weighted by Crippen LogP contribution is 2.29. The molecule has 3 fully saturated rings. The summed E-state index contributed by atoms with van der Waals surface area (Å²) in [6.45, 7) is 11.2. The van der Waals surface area contributed by atoms with E-state index in [0.29, 0.717) is 6.04 Å². The molecule has 0 amide bonds. The number of hydrogen-bond donors (Lipinski definition) is 1. The van der Waals surface area contributed by atoms with Gasteiger partial charge in [-0.2, -0.15) is 0 Å². The van der Waals surface area contributed by atoms with Crippen molar-refractivity contribution in [3.05, 3.63) is 0 Å². The van der Waals surface area contributed by atoms with Gasteiger partial charge in [0.1, 0.15) is 0 Å². The second kappa shape index (κ2) is 6.76. The monoisotopic (exact) mass is 279 g/mol. The molecule has 3 rings (SSSR count). The molecule has 1 N–H and O–H groups in total. The molecule has 0 bridgehead atoms. The lowest BCUT2D eigenvalue weighted by atomic mass is 9.89. The quantitative estimate of drug-likeness (QED) is 0.833. The van der Waals surface area contributed by atoms with Crippen molar-refractivity contribution in [1.82, 2.24) is 15.1 Å². The first-order valence-corrected chi connectivity index (χ1v) is 8.98. The molecular weight excluding hydrogens is 246 g/mol. The van der Waals surface area contributed by atoms with Gasteiger partial charge in [0, 0.05) is 18.1 Å². The van der Waals surface area contributed by atoms with Crippen molar-refractivity contribution in [2.75, 3.05) is 32.7 Å². The highest BCUT2D eigenvalue weighted by atomic mass is 15.2. The first-order chi connectivity index (χ1) is 9.76. The standard InChI is InChI=1S/C17H33N3/c1-3-19-10-6-15(7-11-19)14(2)18-16-8-12-20(13-9-16)17-4-5-17/h14-18H,3-13H2,1-2H3.